The average molecular weight is 380 g/mol. The predicted octanol–water partition coefficient (Wildman–Crippen LogP) is 3.34. The highest BCUT2D eigenvalue weighted by atomic mass is 32.1. The molecule has 0 aliphatic heterocycles. The van der Waals surface area contributed by atoms with Gasteiger partial charge >= 0.3 is 0 Å². The number of fused-ring (bicyclic) bond motifs is 1. The highest BCUT2D eigenvalue weighted by molar-refractivity contribution is 7.17. The van der Waals surface area contributed by atoms with Crippen molar-refractivity contribution < 1.29 is 14.3 Å². The molecule has 6 nitrogen and oxygen atoms in total. The van der Waals surface area contributed by atoms with Gasteiger partial charge in [0, 0.05) is 0 Å². The van der Waals surface area contributed by atoms with E-state index in [-0.39, 0.29) is 17.9 Å². The molecular formula is C20H16N2O4S. The third kappa shape index (κ3) is 3.24. The lowest BCUT2D eigenvalue weighted by molar-refractivity contribution is 0.0943. The molecule has 1 aromatic carbocycles. The second kappa shape index (κ2) is 7.13. The van der Waals surface area contributed by atoms with Crippen LogP contribution in [-0.2, 0) is 13.1 Å². The normalized spacial score (nSPS) is 11.0. The number of nitrogens with one attached hydrogen (secondary N) is 1. The van der Waals surface area contributed by atoms with Crippen LogP contribution in [0.1, 0.15) is 21.7 Å². The number of pyridine rings is 1. The number of thiophene rings is 1. The van der Waals surface area contributed by atoms with Crippen LogP contribution in [0.5, 0.6) is 5.75 Å². The maximum atomic E-state index is 13.0. The molecule has 0 saturated carbocycles. The number of aromatic nitrogens is 1. The smallest absolute Gasteiger partial charge is 0.268 e. The van der Waals surface area contributed by atoms with Gasteiger partial charge in [-0.1, -0.05) is 30.3 Å². The van der Waals surface area contributed by atoms with E-state index < -0.39 is 11.5 Å². The number of benzene rings is 1. The molecule has 0 saturated heterocycles. The molecule has 4 aromatic rings. The quantitative estimate of drug-likeness (QED) is 0.556. The molecule has 4 rings (SSSR count). The van der Waals surface area contributed by atoms with Crippen LogP contribution in [0.15, 0.2) is 69.4 Å². The third-order valence-corrected chi connectivity index (χ3v) is 5.17. The van der Waals surface area contributed by atoms with E-state index >= 15 is 0 Å². The van der Waals surface area contributed by atoms with Gasteiger partial charge in [0.15, 0.2) is 5.75 Å². The minimum atomic E-state index is -0.633. The molecule has 1 amide bonds. The molecule has 7 heteroatoms. The number of hydrogen-bond donors (Lipinski definition) is 2. The lowest BCUT2D eigenvalue weighted by Gasteiger charge is -2.13. The van der Waals surface area contributed by atoms with Crippen molar-refractivity contribution in [1.29, 1.82) is 0 Å². The Kier molecular flexibility index (Phi) is 4.52. The summed E-state index contributed by atoms with van der Waals surface area (Å²) >= 11 is 1.29. The summed E-state index contributed by atoms with van der Waals surface area (Å²) in [4.78, 5) is 25.7. The first-order valence-corrected chi connectivity index (χ1v) is 9.20. The van der Waals surface area contributed by atoms with E-state index in [2.05, 4.69) is 5.32 Å². The van der Waals surface area contributed by atoms with Crippen molar-refractivity contribution in [1.82, 2.24) is 9.88 Å². The molecule has 0 unspecified atom stereocenters. The Hall–Kier alpha value is -3.32. The van der Waals surface area contributed by atoms with E-state index in [0.29, 0.717) is 22.5 Å². The van der Waals surface area contributed by atoms with Gasteiger partial charge in [-0.3, -0.25) is 9.59 Å². The molecule has 136 valence electrons. The first kappa shape index (κ1) is 17.1. The second-order valence-electron chi connectivity index (χ2n) is 6.00. The molecule has 0 spiro atoms. The molecule has 0 aliphatic carbocycles. The summed E-state index contributed by atoms with van der Waals surface area (Å²) in [6.07, 6.45) is 1.50. The van der Waals surface area contributed by atoms with Crippen LogP contribution in [0.3, 0.4) is 0 Å². The summed E-state index contributed by atoms with van der Waals surface area (Å²) in [7, 11) is 0. The van der Waals surface area contributed by atoms with Crippen LogP contribution in [0.25, 0.3) is 10.2 Å². The zero-order valence-corrected chi connectivity index (χ0v) is 15.0. The third-order valence-electron chi connectivity index (χ3n) is 4.26. The van der Waals surface area contributed by atoms with Gasteiger partial charge in [0.1, 0.15) is 11.3 Å². The number of carbonyl (C=O) groups is 1. The van der Waals surface area contributed by atoms with Crippen molar-refractivity contribution >= 4 is 27.5 Å². The minimum absolute atomic E-state index is 0.131. The maximum Gasteiger partial charge on any atom is 0.268 e. The zero-order valence-electron chi connectivity index (χ0n) is 14.2. The molecule has 0 aliphatic rings. The van der Waals surface area contributed by atoms with E-state index in [1.165, 1.54) is 22.2 Å². The average Bonchev–Trinajstić information content (AvgIpc) is 3.36. The Bertz CT molecular complexity index is 1140. The van der Waals surface area contributed by atoms with Gasteiger partial charge in [0.2, 0.25) is 0 Å². The molecule has 0 radical (unpaired) electrons. The highest BCUT2D eigenvalue weighted by Gasteiger charge is 2.23. The second-order valence-corrected chi connectivity index (χ2v) is 6.91. The van der Waals surface area contributed by atoms with Gasteiger partial charge in [-0.05, 0) is 29.1 Å². The summed E-state index contributed by atoms with van der Waals surface area (Å²) in [6, 6.07) is 14.7. The van der Waals surface area contributed by atoms with E-state index in [1.807, 2.05) is 30.3 Å². The van der Waals surface area contributed by atoms with Gasteiger partial charge in [0.05, 0.1) is 29.6 Å². The van der Waals surface area contributed by atoms with Gasteiger partial charge in [0.25, 0.3) is 11.5 Å². The molecule has 0 atom stereocenters. The van der Waals surface area contributed by atoms with Crippen molar-refractivity contribution in [3.05, 3.63) is 87.4 Å². The van der Waals surface area contributed by atoms with Crippen molar-refractivity contribution in [2.75, 3.05) is 0 Å². The van der Waals surface area contributed by atoms with E-state index in [4.69, 9.17) is 4.42 Å². The van der Waals surface area contributed by atoms with Gasteiger partial charge < -0.3 is 19.4 Å². The van der Waals surface area contributed by atoms with Crippen LogP contribution < -0.4 is 10.9 Å². The molecule has 0 fully saturated rings. The van der Waals surface area contributed by atoms with E-state index in [9.17, 15) is 14.7 Å². The number of hydrogen-bond acceptors (Lipinski definition) is 5. The van der Waals surface area contributed by atoms with Crippen LogP contribution in [0.2, 0.25) is 0 Å². The van der Waals surface area contributed by atoms with E-state index in [0.717, 1.165) is 5.56 Å². The van der Waals surface area contributed by atoms with Crippen LogP contribution in [0.4, 0.5) is 0 Å². The molecule has 27 heavy (non-hydrogen) atoms. The zero-order chi connectivity index (χ0) is 18.8. The van der Waals surface area contributed by atoms with Crippen LogP contribution >= 0.6 is 11.3 Å². The largest absolute Gasteiger partial charge is 0.505 e. The Balaban J connectivity index is 1.76. The number of carbonyl (C=O) groups excluding carboxylic acids is 1. The standard InChI is InChI=1S/C20H16N2O4S/c23-17-16(19(24)21-11-14-7-4-9-26-14)20(25)22(15-8-10-27-18(15)17)12-13-5-2-1-3-6-13/h1-10,23H,11-12H2,(H,21,24). The van der Waals surface area contributed by atoms with Crippen LogP contribution in [-0.4, -0.2) is 15.6 Å². The lowest BCUT2D eigenvalue weighted by Crippen LogP contribution is -2.33. The Morgan fingerprint density at radius 1 is 1.15 bits per heavy atom. The fourth-order valence-corrected chi connectivity index (χ4v) is 3.79. The number of furan rings is 1. The summed E-state index contributed by atoms with van der Waals surface area (Å²) in [6.45, 7) is 0.442. The highest BCUT2D eigenvalue weighted by Crippen LogP contribution is 2.31. The summed E-state index contributed by atoms with van der Waals surface area (Å²) in [5.41, 5.74) is 0.750. The molecule has 2 N–H and O–H groups in total. The number of amides is 1. The fraction of sp³-hybridized carbons (Fsp3) is 0.100. The Morgan fingerprint density at radius 3 is 2.70 bits per heavy atom. The monoisotopic (exact) mass is 380 g/mol. The van der Waals surface area contributed by atoms with Crippen molar-refractivity contribution in [3.63, 3.8) is 0 Å². The molecular weight excluding hydrogens is 364 g/mol. The van der Waals surface area contributed by atoms with Gasteiger partial charge in [-0.15, -0.1) is 11.3 Å². The predicted molar refractivity (Wildman–Crippen MR) is 103 cm³/mol. The van der Waals surface area contributed by atoms with Gasteiger partial charge in [-0.2, -0.15) is 0 Å². The van der Waals surface area contributed by atoms with Crippen molar-refractivity contribution in [3.8, 4) is 5.75 Å². The topological polar surface area (TPSA) is 84.5 Å². The minimum Gasteiger partial charge on any atom is -0.505 e. The summed E-state index contributed by atoms with van der Waals surface area (Å²) < 4.78 is 7.21. The SMILES string of the molecule is O=C(NCc1ccco1)c1c(O)c2sccc2n(Cc2ccccc2)c1=O. The molecule has 0 bridgehead atoms. The first-order chi connectivity index (χ1) is 13.1. The van der Waals surface area contributed by atoms with E-state index in [1.54, 1.807) is 23.6 Å². The Labute approximate surface area is 158 Å². The first-order valence-electron chi connectivity index (χ1n) is 8.32. The number of nitrogens with zero attached hydrogens (tertiary/aromatic N) is 1. The molecule has 3 heterocycles. The van der Waals surface area contributed by atoms with Crippen LogP contribution in [0, 0.1) is 0 Å². The maximum absolute atomic E-state index is 13.0. The Morgan fingerprint density at radius 2 is 1.96 bits per heavy atom. The summed E-state index contributed by atoms with van der Waals surface area (Å²) in [5.74, 6) is -0.359. The van der Waals surface area contributed by atoms with Crippen molar-refractivity contribution in [2.24, 2.45) is 0 Å². The number of aromatic hydroxyl groups is 1. The molecule has 3 aromatic heterocycles. The van der Waals surface area contributed by atoms with Gasteiger partial charge in [-0.25, -0.2) is 0 Å². The summed E-state index contributed by atoms with van der Waals surface area (Å²) in [5, 5.41) is 15.0. The number of rotatable bonds is 5. The fourth-order valence-electron chi connectivity index (χ4n) is 2.95. The van der Waals surface area contributed by atoms with Crippen molar-refractivity contribution in [2.45, 2.75) is 13.1 Å². The lowest BCUT2D eigenvalue weighted by atomic mass is 10.1.